The summed E-state index contributed by atoms with van der Waals surface area (Å²) in [5.74, 6) is -0.105. The number of rotatable bonds is 3. The minimum atomic E-state index is -3.58. The van der Waals surface area contributed by atoms with Crippen molar-refractivity contribution in [1.29, 1.82) is 0 Å². The second-order valence-corrected chi connectivity index (χ2v) is 3.53. The van der Waals surface area contributed by atoms with E-state index in [0.29, 0.717) is 6.42 Å². The van der Waals surface area contributed by atoms with Crippen LogP contribution in [-0.4, -0.2) is 36.5 Å². The zero-order chi connectivity index (χ0) is 8.20. The molecular weight excluding hydrogens is 151 g/mol. The molecule has 0 aromatic carbocycles. The average Bonchev–Trinajstić information content (AvgIpc) is 1.59. The summed E-state index contributed by atoms with van der Waals surface area (Å²) in [5, 5.41) is 0. The van der Waals surface area contributed by atoms with Crippen molar-refractivity contribution in [3.63, 3.8) is 0 Å². The molecule has 4 nitrogen and oxygen atoms in total. The van der Waals surface area contributed by atoms with Gasteiger partial charge in [0, 0.05) is 0 Å². The van der Waals surface area contributed by atoms with Gasteiger partial charge in [0.05, 0.1) is 0 Å². The second kappa shape index (κ2) is 4.01. The van der Waals surface area contributed by atoms with Crippen molar-refractivity contribution in [2.75, 3.05) is 5.75 Å². The second-order valence-electron chi connectivity index (χ2n) is 1.84. The van der Waals surface area contributed by atoms with Gasteiger partial charge in [-0.1, -0.05) is 0 Å². The van der Waals surface area contributed by atoms with Crippen LogP contribution in [0.2, 0.25) is 0 Å². The molecule has 0 N–H and O–H groups in total. The molecule has 0 bridgehead atoms. The van der Waals surface area contributed by atoms with Gasteiger partial charge in [-0.2, -0.15) is 0 Å². The molecule has 0 radical (unpaired) electrons. The fraction of sp³-hybridized carbons (Fsp3) is 0.750. The van der Waals surface area contributed by atoms with E-state index in [-0.39, 0.29) is 5.75 Å². The first-order valence-electron chi connectivity index (χ1n) is 2.90. The van der Waals surface area contributed by atoms with Crippen LogP contribution in [0.5, 0.6) is 0 Å². The average molecular weight is 158 g/mol. The van der Waals surface area contributed by atoms with Crippen molar-refractivity contribution in [1.82, 2.24) is 0 Å². The standard InChI is InChI=1S/C4H7O4S.Li/c1-2-3-9(6,7)8-4-5;/h2-3H2,1H3;. The molecule has 0 saturated carbocycles. The van der Waals surface area contributed by atoms with Crippen LogP contribution in [0.15, 0.2) is 0 Å². The Hall–Kier alpha value is 0.0174. The van der Waals surface area contributed by atoms with Gasteiger partial charge in [-0.15, -0.1) is 0 Å². The van der Waals surface area contributed by atoms with Gasteiger partial charge < -0.3 is 0 Å². The number of hydrogen-bond acceptors (Lipinski definition) is 4. The zero-order valence-electron chi connectivity index (χ0n) is 5.96. The Labute approximate surface area is 69.3 Å². The third-order valence-corrected chi connectivity index (χ3v) is 2.10. The molecule has 0 aliphatic heterocycles. The molecule has 0 saturated heterocycles. The quantitative estimate of drug-likeness (QED) is 0.429. The van der Waals surface area contributed by atoms with E-state index < -0.39 is 14.8 Å². The molecule has 0 aliphatic carbocycles. The summed E-state index contributed by atoms with van der Waals surface area (Å²) in [6, 6.07) is 0. The van der Waals surface area contributed by atoms with E-state index in [1.807, 2.05) is 0 Å². The van der Waals surface area contributed by atoms with Crippen LogP contribution >= 0.6 is 0 Å². The van der Waals surface area contributed by atoms with E-state index in [4.69, 9.17) is 0 Å². The molecule has 6 heteroatoms. The molecule has 0 aliphatic rings. The Morgan fingerprint density at radius 2 is 2.10 bits per heavy atom. The molecule has 10 heavy (non-hydrogen) atoms. The number of hydrogen-bond donors (Lipinski definition) is 0. The number of carbonyl (C=O) groups excluding carboxylic acids is 1. The summed E-state index contributed by atoms with van der Waals surface area (Å²) in [7, 11) is -3.58. The third kappa shape index (κ3) is 4.86. The van der Waals surface area contributed by atoms with Gasteiger partial charge in [-0.3, -0.25) is 0 Å². The Bertz CT molecular complexity index is 207. The molecule has 0 atom stereocenters. The zero-order valence-corrected chi connectivity index (χ0v) is 6.77. The van der Waals surface area contributed by atoms with Crippen molar-refractivity contribution >= 4 is 32.5 Å². The number of carbonyl (C=O) groups is 1. The van der Waals surface area contributed by atoms with Crippen LogP contribution < -0.4 is 0 Å². The summed E-state index contributed by atoms with van der Waals surface area (Å²) in [5.41, 5.74) is 0. The summed E-state index contributed by atoms with van der Waals surface area (Å²) in [4.78, 5) is 10.1. The van der Waals surface area contributed by atoms with Crippen LogP contribution in [-0.2, 0) is 14.3 Å². The van der Waals surface area contributed by atoms with Crippen LogP contribution in [0.1, 0.15) is 13.3 Å². The van der Waals surface area contributed by atoms with E-state index in [0.717, 1.165) is 17.7 Å². The molecule has 0 amide bonds. The summed E-state index contributed by atoms with van der Waals surface area (Å²) < 4.78 is 24.4. The van der Waals surface area contributed by atoms with E-state index in [9.17, 15) is 13.2 Å². The van der Waals surface area contributed by atoms with Gasteiger partial charge in [-0.25, -0.2) is 0 Å². The maximum absolute atomic E-state index is 10.6. The normalized spacial score (nSPS) is 11.1. The third-order valence-electron chi connectivity index (χ3n) is 0.698. The van der Waals surface area contributed by atoms with E-state index in [1.54, 1.807) is 6.92 Å². The SMILES string of the molecule is [Li][C](=O)OS(=O)(=O)CCC. The van der Waals surface area contributed by atoms with Crippen molar-refractivity contribution in [2.24, 2.45) is 0 Å². The van der Waals surface area contributed by atoms with Gasteiger partial charge in [0.2, 0.25) is 0 Å². The van der Waals surface area contributed by atoms with Gasteiger partial charge in [-0.05, 0) is 0 Å². The fourth-order valence-corrected chi connectivity index (χ4v) is 1.41. The van der Waals surface area contributed by atoms with E-state index in [1.165, 1.54) is 0 Å². The molecule has 0 fully saturated rings. The topological polar surface area (TPSA) is 60.4 Å². The molecule has 0 heterocycles. The maximum atomic E-state index is 10.6. The van der Waals surface area contributed by atoms with E-state index in [2.05, 4.69) is 4.18 Å². The molecule has 0 aromatic rings. The first kappa shape index (κ1) is 10.0. The Balaban J connectivity index is 4.02. The van der Waals surface area contributed by atoms with Crippen LogP contribution in [0.4, 0.5) is 4.79 Å². The molecule has 0 rings (SSSR count). The first-order valence-corrected chi connectivity index (χ1v) is 4.48. The molecule has 54 valence electrons. The van der Waals surface area contributed by atoms with E-state index >= 15 is 0 Å². The first-order chi connectivity index (χ1) is 4.48. The molecule has 0 spiro atoms. The monoisotopic (exact) mass is 158 g/mol. The Morgan fingerprint density at radius 1 is 1.60 bits per heavy atom. The van der Waals surface area contributed by atoms with Gasteiger partial charge >= 0.3 is 69.0 Å². The van der Waals surface area contributed by atoms with Crippen LogP contribution in [0.25, 0.3) is 0 Å². The Morgan fingerprint density at radius 3 is 2.40 bits per heavy atom. The van der Waals surface area contributed by atoms with Crippen LogP contribution in [0.3, 0.4) is 0 Å². The van der Waals surface area contributed by atoms with Crippen molar-refractivity contribution in [2.45, 2.75) is 13.3 Å². The summed E-state index contributed by atoms with van der Waals surface area (Å²) in [6.45, 7) is 1.70. The predicted octanol–water partition coefficient (Wildman–Crippen LogP) is 0.0313. The fourth-order valence-electron chi connectivity index (χ4n) is 0.470. The van der Waals surface area contributed by atoms with Gasteiger partial charge in [0.25, 0.3) is 0 Å². The van der Waals surface area contributed by atoms with Crippen LogP contribution in [0, 0.1) is 0 Å². The predicted molar refractivity (Wildman–Crippen MR) is 36.3 cm³/mol. The molecular formula is C4H7LiO4S. The van der Waals surface area contributed by atoms with Crippen molar-refractivity contribution in [3.8, 4) is 0 Å². The van der Waals surface area contributed by atoms with Crippen molar-refractivity contribution < 1.29 is 17.4 Å². The summed E-state index contributed by atoms with van der Waals surface area (Å²) in [6.07, 6.45) is 0.454. The van der Waals surface area contributed by atoms with Gasteiger partial charge in [0.1, 0.15) is 0 Å². The summed E-state index contributed by atoms with van der Waals surface area (Å²) >= 11 is 1.06. The van der Waals surface area contributed by atoms with Crippen molar-refractivity contribution in [3.05, 3.63) is 0 Å². The molecule has 0 unspecified atom stereocenters. The molecule has 0 aromatic heterocycles. The Kier molecular flexibility index (Phi) is 4.02. The van der Waals surface area contributed by atoms with Gasteiger partial charge in [0.15, 0.2) is 0 Å². The minimum absolute atomic E-state index is 0.105.